The Morgan fingerprint density at radius 1 is 1.45 bits per heavy atom. The molecule has 2 amide bonds. The van der Waals surface area contributed by atoms with Crippen molar-refractivity contribution in [3.63, 3.8) is 0 Å². The molecule has 120 valence electrons. The van der Waals surface area contributed by atoms with Crippen LogP contribution >= 0.6 is 0 Å². The maximum absolute atomic E-state index is 12.6. The van der Waals surface area contributed by atoms with E-state index < -0.39 is 5.60 Å². The number of nitrogens with zero attached hydrogens (tertiary/aromatic N) is 3. The molecule has 0 aliphatic carbocycles. The maximum Gasteiger partial charge on any atom is 0.274 e. The van der Waals surface area contributed by atoms with E-state index in [-0.39, 0.29) is 18.2 Å². The predicted molar refractivity (Wildman–Crippen MR) is 80.1 cm³/mol. The monoisotopic (exact) mass is 306 g/mol. The number of nitrogens with two attached hydrogens (primary N) is 1. The topological polar surface area (TPSA) is 98.4 Å². The Morgan fingerprint density at radius 2 is 2.23 bits per heavy atom. The number of methoxy groups -OCH3 is 1. The molecule has 1 fully saturated rings. The fourth-order valence-corrected chi connectivity index (χ4v) is 2.82. The first kappa shape index (κ1) is 16.4. The van der Waals surface area contributed by atoms with E-state index in [9.17, 15) is 9.59 Å². The van der Waals surface area contributed by atoms with Crippen LogP contribution in [-0.2, 0) is 9.53 Å². The van der Waals surface area contributed by atoms with Gasteiger partial charge in [-0.15, -0.1) is 0 Å². The first-order valence-electron chi connectivity index (χ1n) is 7.37. The Bertz CT molecular complexity index is 563. The molecule has 1 aliphatic rings. The second kappa shape index (κ2) is 6.83. The van der Waals surface area contributed by atoms with Crippen LogP contribution in [0.5, 0.6) is 0 Å². The average molecular weight is 306 g/mol. The Labute approximate surface area is 129 Å². The van der Waals surface area contributed by atoms with Gasteiger partial charge in [-0.3, -0.25) is 14.6 Å². The molecular formula is C15H22N4O3. The van der Waals surface area contributed by atoms with Crippen molar-refractivity contribution in [2.75, 3.05) is 20.2 Å². The predicted octanol–water partition coefficient (Wildman–Crippen LogP) is 0.672. The van der Waals surface area contributed by atoms with E-state index in [4.69, 9.17) is 10.5 Å². The number of aromatic nitrogens is 2. The quantitative estimate of drug-likeness (QED) is 0.862. The molecule has 22 heavy (non-hydrogen) atoms. The van der Waals surface area contributed by atoms with Crippen LogP contribution in [0.15, 0.2) is 12.4 Å². The number of hydrogen-bond acceptors (Lipinski definition) is 5. The minimum atomic E-state index is -0.514. The zero-order valence-corrected chi connectivity index (χ0v) is 13.0. The molecule has 1 atom stereocenters. The summed E-state index contributed by atoms with van der Waals surface area (Å²) in [5, 5.41) is 0. The van der Waals surface area contributed by atoms with Crippen molar-refractivity contribution in [1.29, 1.82) is 0 Å². The summed E-state index contributed by atoms with van der Waals surface area (Å²) in [6.07, 6.45) is 5.47. The van der Waals surface area contributed by atoms with E-state index in [1.165, 1.54) is 6.20 Å². The zero-order chi connectivity index (χ0) is 16.2. The fraction of sp³-hybridized carbons (Fsp3) is 0.600. The molecule has 0 saturated carbocycles. The zero-order valence-electron chi connectivity index (χ0n) is 13.0. The molecule has 1 aromatic heterocycles. The van der Waals surface area contributed by atoms with Crippen molar-refractivity contribution in [3.05, 3.63) is 23.8 Å². The highest BCUT2D eigenvalue weighted by molar-refractivity contribution is 5.92. The van der Waals surface area contributed by atoms with Crippen molar-refractivity contribution in [1.82, 2.24) is 14.9 Å². The number of aryl methyl sites for hydroxylation is 1. The lowest BCUT2D eigenvalue weighted by Crippen LogP contribution is -2.51. The molecule has 1 aromatic rings. The smallest absolute Gasteiger partial charge is 0.274 e. The largest absolute Gasteiger partial charge is 0.376 e. The summed E-state index contributed by atoms with van der Waals surface area (Å²) in [7, 11) is 1.61. The van der Waals surface area contributed by atoms with Crippen LogP contribution in [0, 0.1) is 6.92 Å². The van der Waals surface area contributed by atoms with Gasteiger partial charge >= 0.3 is 0 Å². The van der Waals surface area contributed by atoms with Gasteiger partial charge in [0.2, 0.25) is 5.91 Å². The second-order valence-corrected chi connectivity index (χ2v) is 5.73. The van der Waals surface area contributed by atoms with Crippen molar-refractivity contribution in [2.45, 2.75) is 38.2 Å². The molecule has 2 N–H and O–H groups in total. The van der Waals surface area contributed by atoms with Crippen LogP contribution in [0.25, 0.3) is 0 Å². The summed E-state index contributed by atoms with van der Waals surface area (Å²) in [6.45, 7) is 2.88. The van der Waals surface area contributed by atoms with Crippen molar-refractivity contribution >= 4 is 11.8 Å². The SMILES string of the molecule is CO[C@@]1(CCC(N)=O)CCCN(C(=O)c2cncc(C)n2)C1. The molecule has 2 rings (SSSR count). The highest BCUT2D eigenvalue weighted by Crippen LogP contribution is 2.29. The fourth-order valence-electron chi connectivity index (χ4n) is 2.82. The van der Waals surface area contributed by atoms with Crippen LogP contribution in [0.1, 0.15) is 41.9 Å². The van der Waals surface area contributed by atoms with Gasteiger partial charge < -0.3 is 15.4 Å². The van der Waals surface area contributed by atoms with Gasteiger partial charge in [0.1, 0.15) is 5.69 Å². The second-order valence-electron chi connectivity index (χ2n) is 5.73. The Kier molecular flexibility index (Phi) is 5.07. The molecule has 1 saturated heterocycles. The minimum absolute atomic E-state index is 0.156. The van der Waals surface area contributed by atoms with E-state index in [1.807, 2.05) is 0 Å². The van der Waals surface area contributed by atoms with Crippen molar-refractivity contribution in [3.8, 4) is 0 Å². The third kappa shape index (κ3) is 3.79. The van der Waals surface area contributed by atoms with Crippen molar-refractivity contribution < 1.29 is 14.3 Å². The standard InChI is InChI=1S/C15H22N4O3/c1-11-8-17-9-12(18-11)14(21)19-7-3-5-15(10-19,22-2)6-4-13(16)20/h8-9H,3-7,10H2,1-2H3,(H2,16,20)/t15-/m1/s1. The van der Waals surface area contributed by atoms with Gasteiger partial charge in [0.15, 0.2) is 0 Å². The number of hydrogen-bond donors (Lipinski definition) is 1. The molecule has 0 aromatic carbocycles. The van der Waals surface area contributed by atoms with Gasteiger partial charge in [0.25, 0.3) is 5.91 Å². The molecule has 0 spiro atoms. The summed E-state index contributed by atoms with van der Waals surface area (Å²) in [4.78, 5) is 33.6. The maximum atomic E-state index is 12.6. The molecular weight excluding hydrogens is 284 g/mol. The lowest BCUT2D eigenvalue weighted by molar-refractivity contribution is -0.121. The minimum Gasteiger partial charge on any atom is -0.376 e. The van der Waals surface area contributed by atoms with E-state index in [0.29, 0.717) is 30.9 Å². The molecule has 2 heterocycles. The third-order valence-corrected chi connectivity index (χ3v) is 4.06. The lowest BCUT2D eigenvalue weighted by Gasteiger charge is -2.41. The summed E-state index contributed by atoms with van der Waals surface area (Å²) >= 11 is 0. The van der Waals surface area contributed by atoms with Crippen LogP contribution in [0.4, 0.5) is 0 Å². The average Bonchev–Trinajstić information content (AvgIpc) is 2.52. The highest BCUT2D eigenvalue weighted by atomic mass is 16.5. The lowest BCUT2D eigenvalue weighted by atomic mass is 9.87. The van der Waals surface area contributed by atoms with Crippen molar-refractivity contribution in [2.24, 2.45) is 5.73 Å². The third-order valence-electron chi connectivity index (χ3n) is 4.06. The summed E-state index contributed by atoms with van der Waals surface area (Å²) in [5.74, 6) is -0.513. The van der Waals surface area contributed by atoms with Gasteiger partial charge in [0.05, 0.1) is 24.0 Å². The van der Waals surface area contributed by atoms with Crippen LogP contribution in [-0.4, -0.2) is 52.5 Å². The summed E-state index contributed by atoms with van der Waals surface area (Å²) in [6, 6.07) is 0. The van der Waals surface area contributed by atoms with Crippen LogP contribution < -0.4 is 5.73 Å². The van der Waals surface area contributed by atoms with Gasteiger partial charge in [-0.05, 0) is 26.2 Å². The Morgan fingerprint density at radius 3 is 2.86 bits per heavy atom. The van der Waals surface area contributed by atoms with Gasteiger partial charge in [-0.1, -0.05) is 0 Å². The molecule has 1 aliphatic heterocycles. The van der Waals surface area contributed by atoms with E-state index in [1.54, 1.807) is 25.1 Å². The van der Waals surface area contributed by atoms with Gasteiger partial charge in [-0.2, -0.15) is 0 Å². The number of piperidine rings is 1. The molecule has 0 unspecified atom stereocenters. The Balaban J connectivity index is 2.11. The van der Waals surface area contributed by atoms with E-state index >= 15 is 0 Å². The number of amides is 2. The van der Waals surface area contributed by atoms with Gasteiger partial charge in [-0.25, -0.2) is 4.98 Å². The first-order chi connectivity index (χ1) is 10.5. The molecule has 0 bridgehead atoms. The van der Waals surface area contributed by atoms with E-state index in [0.717, 1.165) is 12.8 Å². The van der Waals surface area contributed by atoms with Gasteiger partial charge in [0, 0.05) is 26.3 Å². The number of primary amides is 1. The van der Waals surface area contributed by atoms with E-state index in [2.05, 4.69) is 9.97 Å². The molecule has 7 nitrogen and oxygen atoms in total. The molecule has 0 radical (unpaired) electrons. The van der Waals surface area contributed by atoms with Crippen LogP contribution in [0.2, 0.25) is 0 Å². The number of rotatable bonds is 5. The highest BCUT2D eigenvalue weighted by Gasteiger charge is 2.37. The molecule has 7 heteroatoms. The number of likely N-dealkylation sites (tertiary alicyclic amines) is 1. The number of carbonyl (C=O) groups is 2. The number of ether oxygens (including phenoxy) is 1. The normalized spacial score (nSPS) is 21.6. The number of carbonyl (C=O) groups excluding carboxylic acids is 2. The van der Waals surface area contributed by atoms with Crippen LogP contribution in [0.3, 0.4) is 0 Å². The summed E-state index contributed by atoms with van der Waals surface area (Å²) in [5.41, 5.74) is 5.76. The Hall–Kier alpha value is -2.02. The summed E-state index contributed by atoms with van der Waals surface area (Å²) < 4.78 is 5.63. The first-order valence-corrected chi connectivity index (χ1v) is 7.37.